The number of benzene rings is 4. The largest absolute Gasteiger partial charge is 0.344 e. The van der Waals surface area contributed by atoms with Gasteiger partial charge in [0.05, 0.1) is 0 Å². The summed E-state index contributed by atoms with van der Waals surface area (Å²) >= 11 is 1.89. The van der Waals surface area contributed by atoms with Gasteiger partial charge in [-0.2, -0.15) is 0 Å². The third-order valence-corrected chi connectivity index (χ3v) is 6.75. The van der Waals surface area contributed by atoms with E-state index in [1.54, 1.807) is 0 Å². The number of rotatable bonds is 1. The Morgan fingerprint density at radius 1 is 0.593 bits per heavy atom. The Kier molecular flexibility index (Phi) is 3.03. The van der Waals surface area contributed by atoms with E-state index in [9.17, 15) is 0 Å². The zero-order valence-corrected chi connectivity index (χ0v) is 15.8. The highest BCUT2D eigenvalue weighted by Gasteiger charge is 2.15. The Bertz CT molecular complexity index is 1470. The molecule has 0 saturated heterocycles. The maximum atomic E-state index is 2.36. The minimum absolute atomic E-state index is 1.26. The van der Waals surface area contributed by atoms with Gasteiger partial charge in [-0.05, 0) is 41.5 Å². The summed E-state index contributed by atoms with van der Waals surface area (Å²) in [5, 5.41) is 5.47. The first-order chi connectivity index (χ1) is 13.3. The summed E-state index contributed by atoms with van der Waals surface area (Å²) in [5.41, 5.74) is 5.12. The Morgan fingerprint density at radius 2 is 1.37 bits per heavy atom. The average molecular weight is 363 g/mol. The van der Waals surface area contributed by atoms with Crippen LogP contribution in [0.5, 0.6) is 0 Å². The van der Waals surface area contributed by atoms with Gasteiger partial charge in [-0.1, -0.05) is 54.6 Å². The Balaban J connectivity index is 1.82. The molecule has 0 spiro atoms. The fraction of sp³-hybridized carbons (Fsp3) is 0.0400. The summed E-state index contributed by atoms with van der Waals surface area (Å²) in [7, 11) is 2.17. The van der Waals surface area contributed by atoms with Gasteiger partial charge in [0.1, 0.15) is 0 Å². The molecule has 0 aliphatic heterocycles. The molecule has 27 heavy (non-hydrogen) atoms. The molecule has 4 aromatic carbocycles. The Labute approximate surface area is 161 Å². The van der Waals surface area contributed by atoms with E-state index < -0.39 is 0 Å². The van der Waals surface area contributed by atoms with Crippen molar-refractivity contribution in [2.24, 2.45) is 7.05 Å². The summed E-state index contributed by atoms with van der Waals surface area (Å²) in [5.74, 6) is 0. The van der Waals surface area contributed by atoms with E-state index in [0.29, 0.717) is 0 Å². The van der Waals surface area contributed by atoms with Gasteiger partial charge in [-0.3, -0.25) is 0 Å². The fourth-order valence-corrected chi connectivity index (χ4v) is 5.44. The highest BCUT2D eigenvalue weighted by Crippen LogP contribution is 2.42. The van der Waals surface area contributed by atoms with E-state index in [0.717, 1.165) is 0 Å². The van der Waals surface area contributed by atoms with Crippen LogP contribution < -0.4 is 0 Å². The van der Waals surface area contributed by atoms with Crippen molar-refractivity contribution in [3.05, 3.63) is 84.9 Å². The second-order valence-electron chi connectivity index (χ2n) is 7.09. The predicted octanol–water partition coefficient (Wildman–Crippen LogP) is 7.37. The van der Waals surface area contributed by atoms with Gasteiger partial charge in [0.15, 0.2) is 0 Å². The van der Waals surface area contributed by atoms with Crippen LogP contribution in [0.1, 0.15) is 0 Å². The van der Waals surface area contributed by atoms with Gasteiger partial charge in [0.2, 0.25) is 0 Å². The zero-order valence-electron chi connectivity index (χ0n) is 14.9. The summed E-state index contributed by atoms with van der Waals surface area (Å²) in [6.07, 6.45) is 0. The van der Waals surface area contributed by atoms with Crippen molar-refractivity contribution in [2.75, 3.05) is 0 Å². The van der Waals surface area contributed by atoms with Crippen LogP contribution >= 0.6 is 11.3 Å². The van der Waals surface area contributed by atoms with Gasteiger partial charge in [0, 0.05) is 49.0 Å². The molecule has 0 atom stereocenters. The van der Waals surface area contributed by atoms with Gasteiger partial charge >= 0.3 is 0 Å². The molecule has 6 rings (SSSR count). The first-order valence-electron chi connectivity index (χ1n) is 9.19. The third-order valence-electron chi connectivity index (χ3n) is 5.62. The molecule has 0 unspecified atom stereocenters. The normalized spacial score (nSPS) is 11.9. The van der Waals surface area contributed by atoms with Gasteiger partial charge in [0.25, 0.3) is 0 Å². The lowest BCUT2D eigenvalue weighted by molar-refractivity contribution is 1.01. The maximum absolute atomic E-state index is 2.36. The zero-order chi connectivity index (χ0) is 18.0. The van der Waals surface area contributed by atoms with E-state index in [1.807, 2.05) is 11.3 Å². The van der Waals surface area contributed by atoms with Gasteiger partial charge in [-0.25, -0.2) is 0 Å². The van der Waals surface area contributed by atoms with Gasteiger partial charge < -0.3 is 4.57 Å². The average Bonchev–Trinajstić information content (AvgIpc) is 3.24. The monoisotopic (exact) mass is 363 g/mol. The van der Waals surface area contributed by atoms with Crippen LogP contribution in [0.2, 0.25) is 0 Å². The minimum atomic E-state index is 1.26. The summed E-state index contributed by atoms with van der Waals surface area (Å²) in [6.45, 7) is 0. The highest BCUT2D eigenvalue weighted by molar-refractivity contribution is 7.26. The van der Waals surface area contributed by atoms with Crippen LogP contribution in [0.3, 0.4) is 0 Å². The van der Waals surface area contributed by atoms with E-state index in [2.05, 4.69) is 96.5 Å². The SMILES string of the molecule is Cn1c2ccc(-c3ccccc3)cc2c2c3c(ccc21)sc1ccccc13. The lowest BCUT2D eigenvalue weighted by atomic mass is 10.0. The standard InChI is InChI=1S/C25H17NS/c1-26-20-12-11-17(16-7-3-2-4-8-16)15-19(20)24-21(26)13-14-23-25(24)18-9-5-6-10-22(18)27-23/h2-15H,1H3. The molecule has 2 heteroatoms. The van der Waals surface area contributed by atoms with Crippen LogP contribution in [0.15, 0.2) is 84.9 Å². The number of aromatic nitrogens is 1. The lowest BCUT2D eigenvalue weighted by Crippen LogP contribution is -1.86. The summed E-state index contributed by atoms with van der Waals surface area (Å²) in [4.78, 5) is 0. The van der Waals surface area contributed by atoms with Crippen LogP contribution in [0.25, 0.3) is 53.1 Å². The third kappa shape index (κ3) is 2.05. The minimum Gasteiger partial charge on any atom is -0.344 e. The van der Waals surface area contributed by atoms with Crippen molar-refractivity contribution in [3.8, 4) is 11.1 Å². The van der Waals surface area contributed by atoms with Crippen LogP contribution in [-0.2, 0) is 7.05 Å². The highest BCUT2D eigenvalue weighted by atomic mass is 32.1. The van der Waals surface area contributed by atoms with Crippen LogP contribution in [0, 0.1) is 0 Å². The molecule has 0 fully saturated rings. The van der Waals surface area contributed by atoms with Crippen molar-refractivity contribution >= 4 is 53.3 Å². The van der Waals surface area contributed by atoms with Crippen molar-refractivity contribution in [3.63, 3.8) is 0 Å². The number of nitrogens with zero attached hydrogens (tertiary/aromatic N) is 1. The molecular formula is C25H17NS. The molecular weight excluding hydrogens is 346 g/mol. The second-order valence-corrected chi connectivity index (χ2v) is 8.17. The number of aryl methyl sites for hydroxylation is 1. The second kappa shape index (κ2) is 5.45. The molecule has 0 bridgehead atoms. The fourth-order valence-electron chi connectivity index (χ4n) is 4.33. The van der Waals surface area contributed by atoms with Gasteiger partial charge in [-0.15, -0.1) is 11.3 Å². The molecule has 0 radical (unpaired) electrons. The Morgan fingerprint density at radius 3 is 2.26 bits per heavy atom. The van der Waals surface area contributed by atoms with Crippen molar-refractivity contribution in [1.82, 2.24) is 4.57 Å². The Hall–Kier alpha value is -3.10. The number of hydrogen-bond acceptors (Lipinski definition) is 1. The molecule has 0 aliphatic rings. The van der Waals surface area contributed by atoms with E-state index in [4.69, 9.17) is 0 Å². The molecule has 6 aromatic rings. The molecule has 0 N–H and O–H groups in total. The maximum Gasteiger partial charge on any atom is 0.0496 e. The van der Waals surface area contributed by atoms with E-state index in [-0.39, 0.29) is 0 Å². The lowest BCUT2D eigenvalue weighted by Gasteiger charge is -2.03. The van der Waals surface area contributed by atoms with E-state index in [1.165, 1.54) is 53.1 Å². The first-order valence-corrected chi connectivity index (χ1v) is 10.0. The number of thiophene rings is 1. The summed E-state index contributed by atoms with van der Waals surface area (Å²) < 4.78 is 5.04. The van der Waals surface area contributed by atoms with E-state index >= 15 is 0 Å². The molecule has 128 valence electrons. The molecule has 0 aliphatic carbocycles. The number of fused-ring (bicyclic) bond motifs is 7. The molecule has 2 heterocycles. The molecule has 0 saturated carbocycles. The molecule has 0 amide bonds. The first kappa shape index (κ1) is 15.0. The quantitative estimate of drug-likeness (QED) is 0.287. The summed E-state index contributed by atoms with van der Waals surface area (Å²) in [6, 6.07) is 30.8. The van der Waals surface area contributed by atoms with Crippen molar-refractivity contribution in [2.45, 2.75) is 0 Å². The molecule has 1 nitrogen and oxygen atoms in total. The van der Waals surface area contributed by atoms with Crippen molar-refractivity contribution < 1.29 is 0 Å². The predicted molar refractivity (Wildman–Crippen MR) is 119 cm³/mol. The topological polar surface area (TPSA) is 4.93 Å². The van der Waals surface area contributed by atoms with Crippen molar-refractivity contribution in [1.29, 1.82) is 0 Å². The number of hydrogen-bond donors (Lipinski definition) is 0. The van der Waals surface area contributed by atoms with Crippen LogP contribution in [-0.4, -0.2) is 4.57 Å². The molecule has 2 aromatic heterocycles. The van der Waals surface area contributed by atoms with Crippen LogP contribution in [0.4, 0.5) is 0 Å². The smallest absolute Gasteiger partial charge is 0.0496 e.